The number of halogens is 3. The van der Waals surface area contributed by atoms with Crippen molar-refractivity contribution in [3.05, 3.63) is 34.2 Å². The van der Waals surface area contributed by atoms with Gasteiger partial charge in [0.15, 0.2) is 0 Å². The molecule has 22 heavy (non-hydrogen) atoms. The van der Waals surface area contributed by atoms with E-state index in [1.807, 2.05) is 6.92 Å². The van der Waals surface area contributed by atoms with Crippen LogP contribution in [0, 0.1) is 12.8 Å². The van der Waals surface area contributed by atoms with Crippen molar-refractivity contribution in [3.8, 4) is 0 Å². The predicted molar refractivity (Wildman–Crippen MR) is 83.1 cm³/mol. The second-order valence-electron chi connectivity index (χ2n) is 6.14. The Morgan fingerprint density at radius 3 is 2.50 bits per heavy atom. The molecule has 5 heteroatoms. The van der Waals surface area contributed by atoms with E-state index in [1.54, 1.807) is 0 Å². The summed E-state index contributed by atoms with van der Waals surface area (Å²) in [7, 11) is 0. The molecule has 0 aliphatic heterocycles. The number of aryl methyl sites for hydroxylation is 1. The van der Waals surface area contributed by atoms with Crippen LogP contribution < -0.4 is 0 Å². The van der Waals surface area contributed by atoms with Crippen molar-refractivity contribution in [1.29, 1.82) is 0 Å². The molecule has 0 amide bonds. The summed E-state index contributed by atoms with van der Waals surface area (Å²) >= 11 is 1.31. The molecule has 0 saturated heterocycles. The van der Waals surface area contributed by atoms with E-state index in [2.05, 4.69) is 0 Å². The Morgan fingerprint density at radius 1 is 1.18 bits per heavy atom. The summed E-state index contributed by atoms with van der Waals surface area (Å²) < 4.78 is 39.1. The number of aliphatic hydroxyl groups is 1. The van der Waals surface area contributed by atoms with E-state index < -0.39 is 17.8 Å². The first kappa shape index (κ1) is 15.8. The Bertz CT molecular complexity index is 668. The summed E-state index contributed by atoms with van der Waals surface area (Å²) in [6, 6.07) is 3.85. The predicted octanol–water partition coefficient (Wildman–Crippen LogP) is 5.84. The van der Waals surface area contributed by atoms with E-state index in [0.29, 0.717) is 4.70 Å². The van der Waals surface area contributed by atoms with Crippen molar-refractivity contribution in [3.63, 3.8) is 0 Å². The van der Waals surface area contributed by atoms with Crippen LogP contribution in [0.15, 0.2) is 18.2 Å². The molecule has 1 unspecified atom stereocenters. The van der Waals surface area contributed by atoms with Crippen LogP contribution in [-0.4, -0.2) is 5.11 Å². The third kappa shape index (κ3) is 2.88. The molecule has 1 fully saturated rings. The summed E-state index contributed by atoms with van der Waals surface area (Å²) in [5.41, 5.74) is 0.298. The van der Waals surface area contributed by atoms with E-state index in [0.717, 1.165) is 47.6 Å². The van der Waals surface area contributed by atoms with Crippen LogP contribution in [0.5, 0.6) is 0 Å². The minimum Gasteiger partial charge on any atom is -0.387 e. The molecule has 1 aliphatic carbocycles. The van der Waals surface area contributed by atoms with Gasteiger partial charge in [0, 0.05) is 9.58 Å². The van der Waals surface area contributed by atoms with Crippen LogP contribution in [0.25, 0.3) is 10.1 Å². The van der Waals surface area contributed by atoms with Crippen LogP contribution in [0.2, 0.25) is 0 Å². The number of alkyl halides is 3. The van der Waals surface area contributed by atoms with Crippen LogP contribution in [-0.2, 0) is 6.18 Å². The summed E-state index contributed by atoms with van der Waals surface area (Å²) in [6.45, 7) is 1.90. The van der Waals surface area contributed by atoms with Gasteiger partial charge in [0.25, 0.3) is 0 Å². The molecule has 1 aromatic heterocycles. The molecule has 1 saturated carbocycles. The van der Waals surface area contributed by atoms with Gasteiger partial charge >= 0.3 is 6.18 Å². The van der Waals surface area contributed by atoms with Gasteiger partial charge in [-0.25, -0.2) is 0 Å². The zero-order valence-electron chi connectivity index (χ0n) is 12.4. The second-order valence-corrected chi connectivity index (χ2v) is 7.23. The maximum absolute atomic E-state index is 12.8. The van der Waals surface area contributed by atoms with Crippen LogP contribution >= 0.6 is 11.3 Å². The van der Waals surface area contributed by atoms with Gasteiger partial charge in [0.1, 0.15) is 0 Å². The van der Waals surface area contributed by atoms with Gasteiger partial charge in [-0.05, 0) is 48.8 Å². The fraction of sp³-hybridized carbons (Fsp3) is 0.529. The highest BCUT2D eigenvalue weighted by Gasteiger charge is 2.31. The zero-order valence-corrected chi connectivity index (χ0v) is 13.2. The monoisotopic (exact) mass is 328 g/mol. The zero-order chi connectivity index (χ0) is 15.9. The topological polar surface area (TPSA) is 20.2 Å². The third-order valence-corrected chi connectivity index (χ3v) is 5.99. The first-order chi connectivity index (χ1) is 10.4. The number of fused-ring (bicyclic) bond motifs is 1. The van der Waals surface area contributed by atoms with Crippen LogP contribution in [0.4, 0.5) is 13.2 Å². The van der Waals surface area contributed by atoms with E-state index in [-0.39, 0.29) is 5.92 Å². The van der Waals surface area contributed by atoms with Gasteiger partial charge in [-0.15, -0.1) is 11.3 Å². The van der Waals surface area contributed by atoms with Crippen molar-refractivity contribution in [2.75, 3.05) is 0 Å². The Morgan fingerprint density at radius 2 is 1.86 bits per heavy atom. The highest BCUT2D eigenvalue weighted by molar-refractivity contribution is 7.19. The van der Waals surface area contributed by atoms with E-state index in [1.165, 1.54) is 29.9 Å². The van der Waals surface area contributed by atoms with Crippen LogP contribution in [0.3, 0.4) is 0 Å². The lowest BCUT2D eigenvalue weighted by Crippen LogP contribution is -2.15. The number of thiophene rings is 1. The molecule has 0 bridgehead atoms. The number of aliphatic hydroxyl groups excluding tert-OH is 1. The van der Waals surface area contributed by atoms with Gasteiger partial charge in [-0.3, -0.25) is 0 Å². The standard InChI is InChI=1S/C17H19F3OS/c1-10-13-8-7-12(17(18,19)20)9-14(13)22-16(10)15(21)11-5-3-2-4-6-11/h7-9,11,15,21H,2-6H2,1H3. The van der Waals surface area contributed by atoms with Gasteiger partial charge in [0.2, 0.25) is 0 Å². The van der Waals surface area contributed by atoms with E-state index >= 15 is 0 Å². The quantitative estimate of drug-likeness (QED) is 0.734. The molecule has 1 N–H and O–H groups in total. The van der Waals surface area contributed by atoms with Crippen molar-refractivity contribution in [2.45, 2.75) is 51.3 Å². The molecule has 1 atom stereocenters. The fourth-order valence-corrected chi connectivity index (χ4v) is 4.70. The summed E-state index contributed by atoms with van der Waals surface area (Å²) in [5.74, 6) is 0.239. The molecular formula is C17H19F3OS. The van der Waals surface area contributed by atoms with Gasteiger partial charge in [0.05, 0.1) is 11.7 Å². The molecule has 2 aromatic rings. The summed E-state index contributed by atoms with van der Waals surface area (Å²) in [5, 5.41) is 11.5. The number of hydrogen-bond acceptors (Lipinski definition) is 2. The molecule has 1 aromatic carbocycles. The van der Waals surface area contributed by atoms with E-state index in [9.17, 15) is 18.3 Å². The maximum atomic E-state index is 12.8. The van der Waals surface area contributed by atoms with Crippen molar-refractivity contribution in [1.82, 2.24) is 0 Å². The SMILES string of the molecule is Cc1c(C(O)C2CCCCC2)sc2cc(C(F)(F)F)ccc12. The lowest BCUT2D eigenvalue weighted by atomic mass is 9.84. The summed E-state index contributed by atoms with van der Waals surface area (Å²) in [4.78, 5) is 0.834. The van der Waals surface area contributed by atoms with Crippen molar-refractivity contribution in [2.24, 2.45) is 5.92 Å². The Hall–Kier alpha value is -1.07. The Labute approximate surface area is 131 Å². The molecule has 1 nitrogen and oxygen atoms in total. The Kier molecular flexibility index (Phi) is 4.21. The lowest BCUT2D eigenvalue weighted by Gasteiger charge is -2.26. The molecule has 1 aliphatic rings. The molecule has 0 spiro atoms. The average Bonchev–Trinajstić information content (AvgIpc) is 2.83. The summed E-state index contributed by atoms with van der Waals surface area (Å²) in [6.07, 6.45) is 0.601. The molecular weight excluding hydrogens is 309 g/mol. The van der Waals surface area contributed by atoms with Gasteiger partial charge in [-0.2, -0.15) is 13.2 Å². The lowest BCUT2D eigenvalue weighted by molar-refractivity contribution is -0.137. The molecule has 120 valence electrons. The smallest absolute Gasteiger partial charge is 0.387 e. The van der Waals surface area contributed by atoms with Gasteiger partial charge in [-0.1, -0.05) is 25.3 Å². The largest absolute Gasteiger partial charge is 0.416 e. The minimum absolute atomic E-state index is 0.239. The second kappa shape index (κ2) is 5.85. The maximum Gasteiger partial charge on any atom is 0.416 e. The minimum atomic E-state index is -4.33. The number of benzene rings is 1. The third-order valence-electron chi connectivity index (χ3n) is 4.67. The first-order valence-corrected chi connectivity index (χ1v) is 8.48. The first-order valence-electron chi connectivity index (χ1n) is 7.66. The molecule has 0 radical (unpaired) electrons. The average molecular weight is 328 g/mol. The van der Waals surface area contributed by atoms with Gasteiger partial charge < -0.3 is 5.11 Å². The highest BCUT2D eigenvalue weighted by Crippen LogP contribution is 2.43. The Balaban J connectivity index is 1.98. The fourth-order valence-electron chi connectivity index (χ4n) is 3.37. The van der Waals surface area contributed by atoms with E-state index in [4.69, 9.17) is 0 Å². The van der Waals surface area contributed by atoms with Crippen LogP contribution in [0.1, 0.15) is 54.2 Å². The van der Waals surface area contributed by atoms with Crippen molar-refractivity contribution < 1.29 is 18.3 Å². The highest BCUT2D eigenvalue weighted by atomic mass is 32.1. The molecule has 1 heterocycles. The number of rotatable bonds is 2. The molecule has 3 rings (SSSR count). The van der Waals surface area contributed by atoms with Crippen molar-refractivity contribution >= 4 is 21.4 Å². The normalized spacial score (nSPS) is 18.8. The number of hydrogen-bond donors (Lipinski definition) is 1.